The highest BCUT2D eigenvalue weighted by Gasteiger charge is 2.09. The fraction of sp³-hybridized carbons (Fsp3) is 0.143. The molecule has 0 N–H and O–H groups in total. The minimum atomic E-state index is -0.473. The van der Waals surface area contributed by atoms with Crippen LogP contribution in [0.5, 0.6) is 0 Å². The SMILES string of the molecule is Cn1ncc2ncc([N+](=O)[O-])cc21. The van der Waals surface area contributed by atoms with Crippen LogP contribution in [0.3, 0.4) is 0 Å². The molecule has 0 aromatic carbocycles. The summed E-state index contributed by atoms with van der Waals surface area (Å²) in [6.07, 6.45) is 2.79. The Morgan fingerprint density at radius 2 is 2.31 bits per heavy atom. The van der Waals surface area contributed by atoms with E-state index in [4.69, 9.17) is 0 Å². The minimum absolute atomic E-state index is 0.0175. The Morgan fingerprint density at radius 1 is 1.54 bits per heavy atom. The smallest absolute Gasteiger partial charge is 0.266 e. The molecule has 0 aliphatic carbocycles. The topological polar surface area (TPSA) is 73.8 Å². The molecular formula is C7H6N4O2. The number of aryl methyl sites for hydroxylation is 1. The minimum Gasteiger partial charge on any atom is -0.266 e. The fourth-order valence-electron chi connectivity index (χ4n) is 1.12. The van der Waals surface area contributed by atoms with Gasteiger partial charge in [-0.2, -0.15) is 5.10 Å². The highest BCUT2D eigenvalue weighted by Crippen LogP contribution is 2.16. The lowest BCUT2D eigenvalue weighted by Gasteiger charge is -1.93. The molecule has 0 atom stereocenters. The van der Waals surface area contributed by atoms with Crippen molar-refractivity contribution in [1.82, 2.24) is 14.8 Å². The number of aromatic nitrogens is 3. The first-order valence-corrected chi connectivity index (χ1v) is 3.60. The Labute approximate surface area is 73.0 Å². The summed E-state index contributed by atoms with van der Waals surface area (Å²) < 4.78 is 1.55. The van der Waals surface area contributed by atoms with Gasteiger partial charge in [0.2, 0.25) is 0 Å². The van der Waals surface area contributed by atoms with Crippen molar-refractivity contribution in [3.63, 3.8) is 0 Å². The standard InChI is InChI=1S/C7H6N4O2/c1-10-7-2-5(11(12)13)3-8-6(7)4-9-10/h2-4H,1H3. The summed E-state index contributed by atoms with van der Waals surface area (Å²) in [6, 6.07) is 1.45. The van der Waals surface area contributed by atoms with E-state index in [2.05, 4.69) is 10.1 Å². The van der Waals surface area contributed by atoms with Crippen LogP contribution in [-0.4, -0.2) is 19.7 Å². The van der Waals surface area contributed by atoms with Crippen molar-refractivity contribution >= 4 is 16.7 Å². The van der Waals surface area contributed by atoms with Gasteiger partial charge in [0.25, 0.3) is 5.69 Å². The summed E-state index contributed by atoms with van der Waals surface area (Å²) in [7, 11) is 1.72. The molecule has 6 nitrogen and oxygen atoms in total. The number of nitrogens with zero attached hydrogens (tertiary/aromatic N) is 4. The fourth-order valence-corrected chi connectivity index (χ4v) is 1.12. The largest absolute Gasteiger partial charge is 0.289 e. The van der Waals surface area contributed by atoms with Gasteiger partial charge in [0.15, 0.2) is 0 Å². The predicted molar refractivity (Wildman–Crippen MR) is 45.2 cm³/mol. The van der Waals surface area contributed by atoms with Gasteiger partial charge in [-0.1, -0.05) is 0 Å². The third kappa shape index (κ3) is 1.12. The van der Waals surface area contributed by atoms with Crippen LogP contribution in [-0.2, 0) is 7.05 Å². The van der Waals surface area contributed by atoms with E-state index in [1.807, 2.05) is 0 Å². The van der Waals surface area contributed by atoms with Gasteiger partial charge in [-0.05, 0) is 0 Å². The van der Waals surface area contributed by atoms with Crippen molar-refractivity contribution in [3.8, 4) is 0 Å². The Hall–Kier alpha value is -1.98. The zero-order valence-corrected chi connectivity index (χ0v) is 6.84. The van der Waals surface area contributed by atoms with E-state index in [1.165, 1.54) is 12.3 Å². The molecule has 0 radical (unpaired) electrons. The lowest BCUT2D eigenvalue weighted by Crippen LogP contribution is -1.92. The average molecular weight is 178 g/mol. The molecular weight excluding hydrogens is 172 g/mol. The molecule has 0 saturated carbocycles. The van der Waals surface area contributed by atoms with Crippen LogP contribution in [0.1, 0.15) is 0 Å². The summed E-state index contributed by atoms with van der Waals surface area (Å²) in [5, 5.41) is 14.3. The van der Waals surface area contributed by atoms with Crippen molar-refractivity contribution in [2.45, 2.75) is 0 Å². The Bertz CT molecular complexity index is 476. The van der Waals surface area contributed by atoms with Gasteiger partial charge in [0.05, 0.1) is 16.6 Å². The van der Waals surface area contributed by atoms with Crippen LogP contribution in [0.2, 0.25) is 0 Å². The van der Waals surface area contributed by atoms with E-state index in [9.17, 15) is 10.1 Å². The molecule has 2 aromatic rings. The van der Waals surface area contributed by atoms with E-state index in [1.54, 1.807) is 17.9 Å². The van der Waals surface area contributed by atoms with Gasteiger partial charge in [0.1, 0.15) is 11.7 Å². The molecule has 0 fully saturated rings. The molecule has 0 saturated heterocycles. The van der Waals surface area contributed by atoms with Gasteiger partial charge in [-0.25, -0.2) is 4.98 Å². The van der Waals surface area contributed by atoms with Crippen LogP contribution < -0.4 is 0 Å². The monoisotopic (exact) mass is 178 g/mol. The summed E-state index contributed by atoms with van der Waals surface area (Å²) in [5.74, 6) is 0. The van der Waals surface area contributed by atoms with Crippen molar-refractivity contribution in [1.29, 1.82) is 0 Å². The average Bonchev–Trinajstić information content (AvgIpc) is 2.47. The molecule has 2 aromatic heterocycles. The summed E-state index contributed by atoms with van der Waals surface area (Å²) in [4.78, 5) is 13.8. The second-order valence-electron chi connectivity index (χ2n) is 2.62. The first kappa shape index (κ1) is 7.66. The van der Waals surface area contributed by atoms with Crippen molar-refractivity contribution in [2.75, 3.05) is 0 Å². The second kappa shape index (κ2) is 2.51. The molecule has 0 unspecified atom stereocenters. The van der Waals surface area contributed by atoms with Gasteiger partial charge in [-0.3, -0.25) is 14.8 Å². The molecule has 0 amide bonds. The summed E-state index contributed by atoms with van der Waals surface area (Å²) in [5.41, 5.74) is 1.30. The Morgan fingerprint density at radius 3 is 3.00 bits per heavy atom. The van der Waals surface area contributed by atoms with Gasteiger partial charge in [-0.15, -0.1) is 0 Å². The molecule has 0 aliphatic heterocycles. The zero-order valence-electron chi connectivity index (χ0n) is 6.84. The number of hydrogen-bond acceptors (Lipinski definition) is 4. The lowest BCUT2D eigenvalue weighted by atomic mass is 10.3. The summed E-state index contributed by atoms with van der Waals surface area (Å²) >= 11 is 0. The van der Waals surface area contributed by atoms with Gasteiger partial charge >= 0.3 is 0 Å². The Balaban J connectivity index is 2.72. The van der Waals surface area contributed by atoms with Gasteiger partial charge < -0.3 is 0 Å². The van der Waals surface area contributed by atoms with Gasteiger partial charge in [0, 0.05) is 13.1 Å². The van der Waals surface area contributed by atoms with Crippen molar-refractivity contribution < 1.29 is 4.92 Å². The molecule has 13 heavy (non-hydrogen) atoms. The maximum Gasteiger partial charge on any atom is 0.289 e. The van der Waals surface area contributed by atoms with E-state index in [-0.39, 0.29) is 5.69 Å². The third-order valence-corrected chi connectivity index (χ3v) is 1.80. The zero-order chi connectivity index (χ0) is 9.42. The third-order valence-electron chi connectivity index (χ3n) is 1.80. The van der Waals surface area contributed by atoms with Crippen LogP contribution >= 0.6 is 0 Å². The van der Waals surface area contributed by atoms with Crippen LogP contribution in [0.15, 0.2) is 18.5 Å². The molecule has 0 spiro atoms. The van der Waals surface area contributed by atoms with E-state index in [0.717, 1.165) is 0 Å². The molecule has 2 heterocycles. The van der Waals surface area contributed by atoms with E-state index < -0.39 is 4.92 Å². The first-order chi connectivity index (χ1) is 6.18. The molecule has 0 bridgehead atoms. The number of hydrogen-bond donors (Lipinski definition) is 0. The van der Waals surface area contributed by atoms with E-state index in [0.29, 0.717) is 11.0 Å². The molecule has 0 aliphatic rings. The molecule has 66 valence electrons. The second-order valence-corrected chi connectivity index (χ2v) is 2.62. The number of pyridine rings is 1. The van der Waals surface area contributed by atoms with Crippen LogP contribution in [0.25, 0.3) is 11.0 Å². The maximum absolute atomic E-state index is 10.4. The Kier molecular flexibility index (Phi) is 1.48. The molecule has 2 rings (SSSR count). The van der Waals surface area contributed by atoms with Crippen molar-refractivity contribution in [3.05, 3.63) is 28.6 Å². The summed E-state index contributed by atoms with van der Waals surface area (Å²) in [6.45, 7) is 0. The lowest BCUT2D eigenvalue weighted by molar-refractivity contribution is -0.385. The quantitative estimate of drug-likeness (QED) is 0.479. The van der Waals surface area contributed by atoms with Crippen LogP contribution in [0, 0.1) is 10.1 Å². The normalized spacial score (nSPS) is 10.5. The number of fused-ring (bicyclic) bond motifs is 1. The highest BCUT2D eigenvalue weighted by atomic mass is 16.6. The van der Waals surface area contributed by atoms with Crippen LogP contribution in [0.4, 0.5) is 5.69 Å². The molecule has 6 heteroatoms. The van der Waals surface area contributed by atoms with E-state index >= 15 is 0 Å². The maximum atomic E-state index is 10.4. The number of rotatable bonds is 1. The highest BCUT2D eigenvalue weighted by molar-refractivity contribution is 5.75. The number of nitro groups is 1. The predicted octanol–water partition coefficient (Wildman–Crippen LogP) is 0.876. The van der Waals surface area contributed by atoms with Crippen molar-refractivity contribution in [2.24, 2.45) is 7.05 Å². The first-order valence-electron chi connectivity index (χ1n) is 3.60.